The number of hydrogen-bond donors (Lipinski definition) is 1. The summed E-state index contributed by atoms with van der Waals surface area (Å²) in [6.45, 7) is 11.9. The van der Waals surface area contributed by atoms with Gasteiger partial charge in [0.25, 0.3) is 0 Å². The zero-order valence-corrected chi connectivity index (χ0v) is 23.9. The topological polar surface area (TPSA) is 105 Å². The first-order valence-electron chi connectivity index (χ1n) is 12.3. The Morgan fingerprint density at radius 2 is 2.11 bits per heavy atom. The van der Waals surface area contributed by atoms with Crippen LogP contribution in [-0.2, 0) is 19.1 Å². The molecule has 3 atom stereocenters. The fourth-order valence-corrected chi connectivity index (χ4v) is 8.73. The van der Waals surface area contributed by atoms with Gasteiger partial charge in [-0.3, -0.25) is 9.59 Å². The lowest BCUT2D eigenvalue weighted by Gasteiger charge is -2.56. The number of carbonyl (C=O) groups excluding carboxylic acids is 3. The van der Waals surface area contributed by atoms with Crippen LogP contribution in [0.15, 0.2) is 21.7 Å². The standard InChI is InChI=1S/C25H32Cl2N4O5S/c1-6-30(7-2)11-12-35-22(34)25(23(4,5)37-18-13-17(33)31(18)25)24(27)10-8-9-16(26)19(24)21-20(28-14-32)15(3)36-29-21/h8-9,14,18H,6-7,10-13H2,1-5H3,(H,28,32)/t18-,24?,25?/m1/s1. The molecule has 0 bridgehead atoms. The molecule has 0 aromatic carbocycles. The number of rotatable bonds is 10. The highest BCUT2D eigenvalue weighted by atomic mass is 35.5. The largest absolute Gasteiger partial charge is 0.462 e. The minimum atomic E-state index is -1.62. The van der Waals surface area contributed by atoms with Gasteiger partial charge in [0, 0.05) is 21.9 Å². The molecule has 1 N–H and O–H groups in total. The molecule has 0 spiro atoms. The SMILES string of the molecule is CCN(CC)CCOC(=O)C1(C2(Cl)CC=CC(Cl)=C2c2noc(C)c2NC=O)N2C(=O)C[C@H]2SC1(C)C. The van der Waals surface area contributed by atoms with Gasteiger partial charge in [0.2, 0.25) is 12.3 Å². The van der Waals surface area contributed by atoms with E-state index in [0.29, 0.717) is 36.4 Å². The van der Waals surface area contributed by atoms with Crippen molar-refractivity contribution in [1.29, 1.82) is 0 Å². The maximum atomic E-state index is 14.3. The molecule has 1 aliphatic carbocycles. The number of anilines is 1. The molecule has 2 unspecified atom stereocenters. The maximum absolute atomic E-state index is 14.3. The number of ether oxygens (including phenoxy) is 1. The predicted molar refractivity (Wildman–Crippen MR) is 144 cm³/mol. The fraction of sp³-hybridized carbons (Fsp3) is 0.600. The van der Waals surface area contributed by atoms with Crippen LogP contribution >= 0.6 is 35.0 Å². The number of nitrogens with zero attached hydrogens (tertiary/aromatic N) is 3. The van der Waals surface area contributed by atoms with Crippen molar-refractivity contribution >= 4 is 64.5 Å². The lowest BCUT2D eigenvalue weighted by atomic mass is 9.65. The van der Waals surface area contributed by atoms with Crippen molar-refractivity contribution in [3.63, 3.8) is 0 Å². The molecule has 2 saturated heterocycles. The first kappa shape index (κ1) is 28.0. The number of esters is 1. The van der Waals surface area contributed by atoms with E-state index in [1.165, 1.54) is 11.8 Å². The van der Waals surface area contributed by atoms with Gasteiger partial charge >= 0.3 is 5.97 Å². The van der Waals surface area contributed by atoms with Crippen LogP contribution in [-0.4, -0.2) is 80.0 Å². The van der Waals surface area contributed by atoms with E-state index in [-0.39, 0.29) is 35.0 Å². The van der Waals surface area contributed by atoms with Crippen molar-refractivity contribution in [2.24, 2.45) is 0 Å². The molecule has 1 aromatic heterocycles. The van der Waals surface area contributed by atoms with Crippen LogP contribution in [0.3, 0.4) is 0 Å². The van der Waals surface area contributed by atoms with Crippen LogP contribution in [0.25, 0.3) is 5.57 Å². The molecule has 3 aliphatic rings. The van der Waals surface area contributed by atoms with E-state index in [1.54, 1.807) is 24.0 Å². The number of nitrogens with one attached hydrogen (secondary N) is 1. The van der Waals surface area contributed by atoms with Crippen LogP contribution in [0.4, 0.5) is 5.69 Å². The number of thioether (sulfide) groups is 1. The molecule has 2 fully saturated rings. The zero-order chi connectivity index (χ0) is 27.2. The van der Waals surface area contributed by atoms with Crippen LogP contribution in [0.2, 0.25) is 0 Å². The third kappa shape index (κ3) is 4.11. The number of carbonyl (C=O) groups is 3. The molecule has 37 heavy (non-hydrogen) atoms. The lowest BCUT2D eigenvalue weighted by Crippen LogP contribution is -2.76. The first-order valence-corrected chi connectivity index (χ1v) is 14.0. The molecule has 202 valence electrons. The molecule has 12 heteroatoms. The summed E-state index contributed by atoms with van der Waals surface area (Å²) in [6.07, 6.45) is 4.43. The predicted octanol–water partition coefficient (Wildman–Crippen LogP) is 4.15. The highest BCUT2D eigenvalue weighted by Crippen LogP contribution is 2.66. The summed E-state index contributed by atoms with van der Waals surface area (Å²) >= 11 is 15.9. The van der Waals surface area contributed by atoms with E-state index in [9.17, 15) is 14.4 Å². The Morgan fingerprint density at radius 3 is 2.73 bits per heavy atom. The van der Waals surface area contributed by atoms with E-state index in [1.807, 2.05) is 27.7 Å². The maximum Gasteiger partial charge on any atom is 0.335 e. The van der Waals surface area contributed by atoms with Crippen molar-refractivity contribution in [3.05, 3.63) is 28.6 Å². The highest BCUT2D eigenvalue weighted by Gasteiger charge is 2.78. The number of likely N-dealkylation sites (N-methyl/N-ethyl adjacent to an activating group) is 1. The average molecular weight is 572 g/mol. The Hall–Kier alpha value is -2.01. The molecule has 2 aliphatic heterocycles. The Balaban J connectivity index is 1.89. The quantitative estimate of drug-likeness (QED) is 0.193. The van der Waals surface area contributed by atoms with Gasteiger partial charge in [-0.05, 0) is 46.4 Å². The second-order valence-electron chi connectivity index (χ2n) is 9.78. The molecule has 9 nitrogen and oxygen atoms in total. The number of amides is 2. The van der Waals surface area contributed by atoms with Crippen molar-refractivity contribution in [2.45, 2.75) is 68.0 Å². The summed E-state index contributed by atoms with van der Waals surface area (Å²) in [5.74, 6) is -0.428. The minimum Gasteiger partial charge on any atom is -0.462 e. The highest BCUT2D eigenvalue weighted by molar-refractivity contribution is 8.01. The summed E-state index contributed by atoms with van der Waals surface area (Å²) in [7, 11) is 0. The van der Waals surface area contributed by atoms with Gasteiger partial charge in [-0.15, -0.1) is 23.4 Å². The average Bonchev–Trinajstić information content (AvgIpc) is 3.28. The summed E-state index contributed by atoms with van der Waals surface area (Å²) in [4.78, 5) is 41.0. The molecule has 1 aromatic rings. The normalized spacial score (nSPS) is 28.4. The number of allylic oxidation sites excluding steroid dienone is 3. The Labute approximate surface area is 230 Å². The smallest absolute Gasteiger partial charge is 0.335 e. The van der Waals surface area contributed by atoms with Crippen molar-refractivity contribution in [3.8, 4) is 0 Å². The van der Waals surface area contributed by atoms with Crippen LogP contribution in [0.5, 0.6) is 0 Å². The Bertz CT molecular complexity index is 1160. The minimum absolute atomic E-state index is 0.145. The van der Waals surface area contributed by atoms with E-state index in [0.717, 1.165) is 13.1 Å². The number of aryl methyl sites for hydroxylation is 1. The van der Waals surface area contributed by atoms with Gasteiger partial charge < -0.3 is 24.4 Å². The molecule has 4 rings (SSSR count). The van der Waals surface area contributed by atoms with E-state index >= 15 is 0 Å². The van der Waals surface area contributed by atoms with Crippen molar-refractivity contribution < 1.29 is 23.6 Å². The summed E-state index contributed by atoms with van der Waals surface area (Å²) in [5, 5.41) is 6.79. The number of β-lactam (4-membered cyclic amide) rings is 1. The molecule has 2 amide bonds. The van der Waals surface area contributed by atoms with Crippen LogP contribution < -0.4 is 5.32 Å². The lowest BCUT2D eigenvalue weighted by molar-refractivity contribution is -0.175. The number of halogens is 2. The van der Waals surface area contributed by atoms with E-state index < -0.39 is 21.1 Å². The van der Waals surface area contributed by atoms with Gasteiger partial charge in [0.15, 0.2) is 11.3 Å². The second kappa shape index (κ2) is 10.3. The molecule has 3 heterocycles. The second-order valence-corrected chi connectivity index (χ2v) is 12.6. The van der Waals surface area contributed by atoms with Gasteiger partial charge in [-0.1, -0.05) is 36.7 Å². The van der Waals surface area contributed by atoms with Crippen molar-refractivity contribution in [2.75, 3.05) is 31.6 Å². The number of aromatic nitrogens is 1. The number of hydrogen-bond acceptors (Lipinski definition) is 8. The molecule has 0 saturated carbocycles. The Morgan fingerprint density at radius 1 is 1.41 bits per heavy atom. The van der Waals surface area contributed by atoms with E-state index in [2.05, 4.69) is 15.4 Å². The van der Waals surface area contributed by atoms with Gasteiger partial charge in [0.05, 0.1) is 11.8 Å². The van der Waals surface area contributed by atoms with E-state index in [4.69, 9.17) is 32.5 Å². The van der Waals surface area contributed by atoms with Crippen LogP contribution in [0, 0.1) is 6.92 Å². The van der Waals surface area contributed by atoms with Crippen molar-refractivity contribution in [1.82, 2.24) is 15.0 Å². The fourth-order valence-electron chi connectivity index (χ4n) is 5.79. The third-order valence-corrected chi connectivity index (χ3v) is 10.0. The summed E-state index contributed by atoms with van der Waals surface area (Å²) < 4.78 is 10.5. The van der Waals surface area contributed by atoms with Gasteiger partial charge in [-0.25, -0.2) is 4.79 Å². The van der Waals surface area contributed by atoms with Crippen LogP contribution in [0.1, 0.15) is 52.0 Å². The zero-order valence-electron chi connectivity index (χ0n) is 21.6. The number of fused-ring (bicyclic) bond motifs is 1. The van der Waals surface area contributed by atoms with Gasteiger partial charge in [0.1, 0.15) is 22.9 Å². The monoisotopic (exact) mass is 570 g/mol. The number of alkyl halides is 1. The molecular weight excluding hydrogens is 539 g/mol. The third-order valence-electron chi connectivity index (χ3n) is 7.57. The summed E-state index contributed by atoms with van der Waals surface area (Å²) in [6, 6.07) is 0. The Kier molecular flexibility index (Phi) is 7.78. The molecular formula is C25H32Cl2N4O5S. The summed E-state index contributed by atoms with van der Waals surface area (Å²) in [5.41, 5.74) is -0.819. The molecule has 0 radical (unpaired) electrons. The first-order chi connectivity index (χ1) is 17.5. The van der Waals surface area contributed by atoms with Gasteiger partial charge in [-0.2, -0.15) is 0 Å².